The second kappa shape index (κ2) is 6.07. The van der Waals surface area contributed by atoms with Crippen molar-refractivity contribution in [3.63, 3.8) is 0 Å². The third kappa shape index (κ3) is 3.38. The second-order valence-electron chi connectivity index (χ2n) is 4.44. The van der Waals surface area contributed by atoms with Gasteiger partial charge in [-0.15, -0.1) is 12.4 Å². The zero-order valence-electron chi connectivity index (χ0n) is 9.88. The highest BCUT2D eigenvalue weighted by atomic mass is 35.5. The summed E-state index contributed by atoms with van der Waals surface area (Å²) < 4.78 is 50.7. The second-order valence-corrected chi connectivity index (χ2v) is 4.44. The van der Waals surface area contributed by atoms with Crippen molar-refractivity contribution in [2.24, 2.45) is 5.92 Å². The van der Waals surface area contributed by atoms with E-state index in [-0.39, 0.29) is 30.8 Å². The summed E-state index contributed by atoms with van der Waals surface area (Å²) in [6.45, 7) is 1.06. The third-order valence-corrected chi connectivity index (χ3v) is 3.30. The molecule has 0 unspecified atom stereocenters. The van der Waals surface area contributed by atoms with E-state index in [1.807, 2.05) is 0 Å². The summed E-state index contributed by atoms with van der Waals surface area (Å²) in [5.74, 6) is -1.49. The molecule has 1 fully saturated rings. The van der Waals surface area contributed by atoms with Crippen molar-refractivity contribution < 1.29 is 22.7 Å². The van der Waals surface area contributed by atoms with E-state index in [0.717, 1.165) is 12.1 Å². The van der Waals surface area contributed by atoms with Gasteiger partial charge in [-0.2, -0.15) is 13.2 Å². The van der Waals surface area contributed by atoms with Crippen LogP contribution in [0.25, 0.3) is 0 Å². The molecule has 1 aliphatic rings. The van der Waals surface area contributed by atoms with Gasteiger partial charge >= 0.3 is 6.18 Å². The SMILES string of the molecule is Cl.OC[C@@H]1CNC[C@H]1c1ccc(C(F)(F)F)c(F)c1. The van der Waals surface area contributed by atoms with Crippen LogP contribution < -0.4 is 5.32 Å². The van der Waals surface area contributed by atoms with Gasteiger partial charge in [-0.05, 0) is 17.7 Å². The highest BCUT2D eigenvalue weighted by Gasteiger charge is 2.35. The topological polar surface area (TPSA) is 32.3 Å². The Morgan fingerprint density at radius 1 is 1.26 bits per heavy atom. The van der Waals surface area contributed by atoms with Crippen LogP contribution in [-0.2, 0) is 6.18 Å². The third-order valence-electron chi connectivity index (χ3n) is 3.30. The van der Waals surface area contributed by atoms with E-state index in [4.69, 9.17) is 5.11 Å². The molecule has 2 N–H and O–H groups in total. The summed E-state index contributed by atoms with van der Waals surface area (Å²) in [6.07, 6.45) is -4.67. The van der Waals surface area contributed by atoms with E-state index < -0.39 is 17.6 Å². The fraction of sp³-hybridized carbons (Fsp3) is 0.500. The Labute approximate surface area is 114 Å². The van der Waals surface area contributed by atoms with E-state index in [9.17, 15) is 17.6 Å². The molecule has 0 aliphatic carbocycles. The fourth-order valence-electron chi connectivity index (χ4n) is 2.31. The molecule has 108 valence electrons. The van der Waals surface area contributed by atoms with Gasteiger partial charge in [0, 0.05) is 31.5 Å². The molecule has 0 spiro atoms. The molecule has 1 aliphatic heterocycles. The number of alkyl halides is 3. The summed E-state index contributed by atoms with van der Waals surface area (Å²) in [4.78, 5) is 0. The van der Waals surface area contributed by atoms with Crippen LogP contribution in [0.4, 0.5) is 17.6 Å². The fourth-order valence-corrected chi connectivity index (χ4v) is 2.31. The maximum atomic E-state index is 13.4. The van der Waals surface area contributed by atoms with E-state index >= 15 is 0 Å². The van der Waals surface area contributed by atoms with Crippen LogP contribution in [0.15, 0.2) is 18.2 Å². The molecule has 7 heteroatoms. The quantitative estimate of drug-likeness (QED) is 0.823. The Bertz CT molecular complexity index is 438. The average molecular weight is 300 g/mol. The number of nitrogens with one attached hydrogen (secondary N) is 1. The molecular weight excluding hydrogens is 286 g/mol. The van der Waals surface area contributed by atoms with E-state index in [2.05, 4.69) is 5.32 Å². The minimum absolute atomic E-state index is 0. The van der Waals surface area contributed by atoms with Crippen molar-refractivity contribution in [3.8, 4) is 0 Å². The molecule has 0 aromatic heterocycles. The molecular formula is C12H14ClF4NO. The summed E-state index contributed by atoms with van der Waals surface area (Å²) in [5.41, 5.74) is -0.762. The number of hydrogen-bond acceptors (Lipinski definition) is 2. The van der Waals surface area contributed by atoms with Crippen molar-refractivity contribution in [1.29, 1.82) is 0 Å². The molecule has 1 aromatic rings. The lowest BCUT2D eigenvalue weighted by Crippen LogP contribution is -2.16. The van der Waals surface area contributed by atoms with Crippen LogP contribution in [0, 0.1) is 11.7 Å². The van der Waals surface area contributed by atoms with Crippen LogP contribution in [0.5, 0.6) is 0 Å². The number of aliphatic hydroxyl groups excluding tert-OH is 1. The summed E-state index contributed by atoms with van der Waals surface area (Å²) in [7, 11) is 0. The number of hydrogen-bond donors (Lipinski definition) is 2. The van der Waals surface area contributed by atoms with Gasteiger partial charge in [0.05, 0.1) is 5.56 Å². The van der Waals surface area contributed by atoms with Crippen molar-refractivity contribution in [3.05, 3.63) is 35.1 Å². The molecule has 1 saturated heterocycles. The predicted molar refractivity (Wildman–Crippen MR) is 64.8 cm³/mol. The Morgan fingerprint density at radius 3 is 2.47 bits per heavy atom. The van der Waals surface area contributed by atoms with Crippen LogP contribution in [0.1, 0.15) is 17.0 Å². The smallest absolute Gasteiger partial charge is 0.396 e. The lowest BCUT2D eigenvalue weighted by Gasteiger charge is -2.17. The summed E-state index contributed by atoms with van der Waals surface area (Å²) >= 11 is 0. The van der Waals surface area contributed by atoms with Gasteiger partial charge in [0.15, 0.2) is 0 Å². The summed E-state index contributed by atoms with van der Waals surface area (Å²) in [6, 6.07) is 2.97. The average Bonchev–Trinajstić information content (AvgIpc) is 2.74. The van der Waals surface area contributed by atoms with Crippen molar-refractivity contribution >= 4 is 12.4 Å². The monoisotopic (exact) mass is 299 g/mol. The highest BCUT2D eigenvalue weighted by Crippen LogP contribution is 2.34. The normalized spacial score (nSPS) is 23.2. The van der Waals surface area contributed by atoms with Crippen LogP contribution >= 0.6 is 12.4 Å². The van der Waals surface area contributed by atoms with Crippen LogP contribution in [0.2, 0.25) is 0 Å². The van der Waals surface area contributed by atoms with Crippen molar-refractivity contribution in [1.82, 2.24) is 5.32 Å². The molecule has 2 rings (SSSR count). The van der Waals surface area contributed by atoms with E-state index in [1.54, 1.807) is 0 Å². The Balaban J connectivity index is 0.00000180. The predicted octanol–water partition coefficient (Wildman–Crippen LogP) is 2.56. The molecule has 0 amide bonds. The Hall–Kier alpha value is -0.850. The van der Waals surface area contributed by atoms with E-state index in [0.29, 0.717) is 18.7 Å². The first kappa shape index (κ1) is 16.2. The maximum Gasteiger partial charge on any atom is 0.419 e. The minimum atomic E-state index is -4.67. The number of aliphatic hydroxyl groups is 1. The standard InChI is InChI=1S/C12H13F4NO.ClH/c13-11-3-7(1-2-10(11)12(14,15)16)9-5-17-4-8(9)6-18;/h1-3,8-9,17-18H,4-6H2;1H/t8-,9-;/m0./s1. The zero-order chi connectivity index (χ0) is 13.3. The Kier molecular flexibility index (Phi) is 5.18. The largest absolute Gasteiger partial charge is 0.419 e. The maximum absolute atomic E-state index is 13.4. The Morgan fingerprint density at radius 2 is 1.95 bits per heavy atom. The summed E-state index contributed by atoms with van der Waals surface area (Å²) in [5, 5.41) is 12.2. The van der Waals surface area contributed by atoms with E-state index in [1.165, 1.54) is 6.07 Å². The van der Waals surface area contributed by atoms with Gasteiger partial charge in [-0.1, -0.05) is 6.07 Å². The number of halogens is 5. The molecule has 0 saturated carbocycles. The van der Waals surface area contributed by atoms with Crippen LogP contribution in [0.3, 0.4) is 0 Å². The highest BCUT2D eigenvalue weighted by molar-refractivity contribution is 5.85. The van der Waals surface area contributed by atoms with Crippen molar-refractivity contribution in [2.45, 2.75) is 12.1 Å². The van der Waals surface area contributed by atoms with Gasteiger partial charge in [0.1, 0.15) is 5.82 Å². The van der Waals surface area contributed by atoms with Gasteiger partial charge in [-0.25, -0.2) is 4.39 Å². The van der Waals surface area contributed by atoms with Gasteiger partial charge in [0.2, 0.25) is 0 Å². The minimum Gasteiger partial charge on any atom is -0.396 e. The lowest BCUT2D eigenvalue weighted by molar-refractivity contribution is -0.140. The first-order chi connectivity index (χ1) is 8.43. The lowest BCUT2D eigenvalue weighted by atomic mass is 9.89. The van der Waals surface area contributed by atoms with Crippen LogP contribution in [-0.4, -0.2) is 24.8 Å². The zero-order valence-corrected chi connectivity index (χ0v) is 10.7. The van der Waals surface area contributed by atoms with Gasteiger partial charge < -0.3 is 10.4 Å². The molecule has 1 heterocycles. The molecule has 0 radical (unpaired) electrons. The first-order valence-corrected chi connectivity index (χ1v) is 5.61. The van der Waals surface area contributed by atoms with Gasteiger partial charge in [-0.3, -0.25) is 0 Å². The molecule has 1 aromatic carbocycles. The van der Waals surface area contributed by atoms with Gasteiger partial charge in [0.25, 0.3) is 0 Å². The molecule has 2 atom stereocenters. The molecule has 0 bridgehead atoms. The molecule has 2 nitrogen and oxygen atoms in total. The first-order valence-electron chi connectivity index (χ1n) is 5.61. The van der Waals surface area contributed by atoms with Crippen molar-refractivity contribution in [2.75, 3.05) is 19.7 Å². The number of benzene rings is 1. The molecule has 19 heavy (non-hydrogen) atoms. The number of rotatable bonds is 2.